The summed E-state index contributed by atoms with van der Waals surface area (Å²) in [5, 5.41) is 0. The van der Waals surface area contributed by atoms with E-state index < -0.39 is 0 Å². The van der Waals surface area contributed by atoms with Crippen LogP contribution in [0.5, 0.6) is 0 Å². The van der Waals surface area contributed by atoms with Crippen molar-refractivity contribution in [1.29, 1.82) is 0 Å². The van der Waals surface area contributed by atoms with Gasteiger partial charge >= 0.3 is 0 Å². The zero-order chi connectivity index (χ0) is 11.0. The third kappa shape index (κ3) is 1.95. The average Bonchev–Trinajstić information content (AvgIpc) is 2.55. The highest BCUT2D eigenvalue weighted by Gasteiger charge is 2.14. The molecule has 0 amide bonds. The largest absolute Gasteiger partial charge is 0.441 e. The molecule has 2 aromatic rings. The van der Waals surface area contributed by atoms with E-state index >= 15 is 0 Å². The van der Waals surface area contributed by atoms with Crippen LogP contribution in [0, 0.1) is 6.92 Å². The van der Waals surface area contributed by atoms with E-state index in [0.717, 1.165) is 16.7 Å². The second-order valence-electron chi connectivity index (χ2n) is 3.43. The molecule has 15 heavy (non-hydrogen) atoms. The standard InChI is InChI=1S/C11H10BrNO2/c1-6(14)11(12)8-3-4-10-9(5-8)13-7(2)15-10/h3-5,11H,1-2H3. The summed E-state index contributed by atoms with van der Waals surface area (Å²) in [6.07, 6.45) is 0. The lowest BCUT2D eigenvalue weighted by Gasteiger charge is -2.04. The van der Waals surface area contributed by atoms with Gasteiger partial charge in [0.15, 0.2) is 11.5 Å². The summed E-state index contributed by atoms with van der Waals surface area (Å²) in [6, 6.07) is 5.57. The van der Waals surface area contributed by atoms with Crippen LogP contribution in [0.3, 0.4) is 0 Å². The Kier molecular flexibility index (Phi) is 2.61. The third-order valence-electron chi connectivity index (χ3n) is 2.17. The minimum absolute atomic E-state index is 0.0783. The van der Waals surface area contributed by atoms with Gasteiger partial charge in [-0.25, -0.2) is 4.98 Å². The molecule has 0 aliphatic carbocycles. The van der Waals surface area contributed by atoms with E-state index in [0.29, 0.717) is 5.89 Å². The molecule has 0 saturated carbocycles. The van der Waals surface area contributed by atoms with Crippen LogP contribution in [-0.2, 0) is 4.79 Å². The Morgan fingerprint density at radius 3 is 2.93 bits per heavy atom. The number of carbonyl (C=O) groups is 1. The number of carbonyl (C=O) groups excluding carboxylic acids is 1. The fourth-order valence-electron chi connectivity index (χ4n) is 1.45. The van der Waals surface area contributed by atoms with Gasteiger partial charge in [-0.15, -0.1) is 0 Å². The maximum Gasteiger partial charge on any atom is 0.192 e. The van der Waals surface area contributed by atoms with Crippen molar-refractivity contribution in [3.05, 3.63) is 29.7 Å². The fourth-order valence-corrected chi connectivity index (χ4v) is 1.74. The number of aromatic nitrogens is 1. The fraction of sp³-hybridized carbons (Fsp3) is 0.273. The maximum atomic E-state index is 11.2. The van der Waals surface area contributed by atoms with Crippen LogP contribution in [0.15, 0.2) is 22.6 Å². The maximum absolute atomic E-state index is 11.2. The number of hydrogen-bond donors (Lipinski definition) is 0. The van der Waals surface area contributed by atoms with Gasteiger partial charge in [-0.3, -0.25) is 4.79 Å². The molecule has 0 fully saturated rings. The molecule has 1 atom stereocenters. The summed E-state index contributed by atoms with van der Waals surface area (Å²) in [7, 11) is 0. The van der Waals surface area contributed by atoms with Gasteiger partial charge in [-0.05, 0) is 24.6 Å². The zero-order valence-corrected chi connectivity index (χ0v) is 10.0. The topological polar surface area (TPSA) is 43.1 Å². The number of aryl methyl sites for hydroxylation is 1. The Bertz CT molecular complexity index is 518. The Labute approximate surface area is 95.6 Å². The van der Waals surface area contributed by atoms with Gasteiger partial charge in [0.2, 0.25) is 0 Å². The van der Waals surface area contributed by atoms with Crippen molar-refractivity contribution in [2.45, 2.75) is 18.7 Å². The SMILES string of the molecule is CC(=O)C(Br)c1ccc2oc(C)nc2c1. The van der Waals surface area contributed by atoms with Crippen LogP contribution in [0.4, 0.5) is 0 Å². The number of halogens is 1. The van der Waals surface area contributed by atoms with Crippen molar-refractivity contribution in [1.82, 2.24) is 4.98 Å². The molecule has 0 saturated heterocycles. The number of rotatable bonds is 2. The van der Waals surface area contributed by atoms with Crippen molar-refractivity contribution >= 4 is 32.8 Å². The van der Waals surface area contributed by atoms with Crippen LogP contribution in [0.25, 0.3) is 11.1 Å². The zero-order valence-electron chi connectivity index (χ0n) is 8.45. The van der Waals surface area contributed by atoms with Gasteiger partial charge in [-0.2, -0.15) is 0 Å². The van der Waals surface area contributed by atoms with Crippen molar-refractivity contribution in [2.24, 2.45) is 0 Å². The normalized spacial score (nSPS) is 13.0. The summed E-state index contributed by atoms with van der Waals surface area (Å²) < 4.78 is 5.35. The number of hydrogen-bond acceptors (Lipinski definition) is 3. The highest BCUT2D eigenvalue weighted by molar-refractivity contribution is 9.09. The predicted octanol–water partition coefficient (Wildman–Crippen LogP) is 3.16. The predicted molar refractivity (Wildman–Crippen MR) is 61.1 cm³/mol. The average molecular weight is 268 g/mol. The van der Waals surface area contributed by atoms with E-state index in [4.69, 9.17) is 4.42 Å². The van der Waals surface area contributed by atoms with Gasteiger partial charge in [0, 0.05) is 6.92 Å². The Hall–Kier alpha value is -1.16. The Morgan fingerprint density at radius 1 is 1.53 bits per heavy atom. The smallest absolute Gasteiger partial charge is 0.192 e. The molecule has 1 aromatic carbocycles. The minimum Gasteiger partial charge on any atom is -0.441 e. The van der Waals surface area contributed by atoms with E-state index in [1.807, 2.05) is 18.2 Å². The summed E-state index contributed by atoms with van der Waals surface area (Å²) in [5.41, 5.74) is 2.44. The van der Waals surface area contributed by atoms with E-state index in [1.54, 1.807) is 13.8 Å². The number of ketones is 1. The van der Waals surface area contributed by atoms with Gasteiger partial charge < -0.3 is 4.42 Å². The minimum atomic E-state index is -0.265. The Morgan fingerprint density at radius 2 is 2.27 bits per heavy atom. The van der Waals surface area contributed by atoms with Gasteiger partial charge in [0.25, 0.3) is 0 Å². The summed E-state index contributed by atoms with van der Waals surface area (Å²) in [4.78, 5) is 15.1. The van der Waals surface area contributed by atoms with Gasteiger partial charge in [-0.1, -0.05) is 22.0 Å². The van der Waals surface area contributed by atoms with Crippen LogP contribution in [0.1, 0.15) is 23.2 Å². The second kappa shape index (κ2) is 3.77. The van der Waals surface area contributed by atoms with E-state index in [2.05, 4.69) is 20.9 Å². The third-order valence-corrected chi connectivity index (χ3v) is 3.34. The molecule has 2 rings (SSSR count). The van der Waals surface area contributed by atoms with E-state index in [1.165, 1.54) is 0 Å². The van der Waals surface area contributed by atoms with Crippen LogP contribution < -0.4 is 0 Å². The highest BCUT2D eigenvalue weighted by Crippen LogP contribution is 2.26. The number of nitrogens with zero attached hydrogens (tertiary/aromatic N) is 1. The number of alkyl halides is 1. The van der Waals surface area contributed by atoms with E-state index in [9.17, 15) is 4.79 Å². The summed E-state index contributed by atoms with van der Waals surface area (Å²) >= 11 is 3.33. The molecule has 4 heteroatoms. The van der Waals surface area contributed by atoms with Crippen molar-refractivity contribution in [2.75, 3.05) is 0 Å². The number of oxazole rings is 1. The first kappa shape index (κ1) is 10.4. The molecule has 0 radical (unpaired) electrons. The highest BCUT2D eigenvalue weighted by atomic mass is 79.9. The van der Waals surface area contributed by atoms with Crippen LogP contribution in [0.2, 0.25) is 0 Å². The van der Waals surface area contributed by atoms with Crippen molar-refractivity contribution in [3.8, 4) is 0 Å². The molecule has 0 aliphatic heterocycles. The molecular weight excluding hydrogens is 258 g/mol. The lowest BCUT2D eigenvalue weighted by Crippen LogP contribution is -2.00. The van der Waals surface area contributed by atoms with Crippen LogP contribution >= 0.6 is 15.9 Å². The van der Waals surface area contributed by atoms with Gasteiger partial charge in [0.1, 0.15) is 11.3 Å². The lowest BCUT2D eigenvalue weighted by molar-refractivity contribution is -0.116. The molecule has 0 N–H and O–H groups in total. The van der Waals surface area contributed by atoms with Gasteiger partial charge in [0.05, 0.1) is 4.83 Å². The summed E-state index contributed by atoms with van der Waals surface area (Å²) in [6.45, 7) is 3.36. The quantitative estimate of drug-likeness (QED) is 0.786. The number of fused-ring (bicyclic) bond motifs is 1. The molecule has 0 spiro atoms. The monoisotopic (exact) mass is 267 g/mol. The number of benzene rings is 1. The first-order valence-electron chi connectivity index (χ1n) is 4.59. The molecule has 78 valence electrons. The van der Waals surface area contributed by atoms with Crippen LogP contribution in [-0.4, -0.2) is 10.8 Å². The lowest BCUT2D eigenvalue weighted by atomic mass is 10.1. The second-order valence-corrected chi connectivity index (χ2v) is 4.35. The first-order chi connectivity index (χ1) is 7.08. The molecule has 1 unspecified atom stereocenters. The first-order valence-corrected chi connectivity index (χ1v) is 5.51. The summed E-state index contributed by atoms with van der Waals surface area (Å²) in [5.74, 6) is 0.714. The molecule has 0 bridgehead atoms. The molecule has 1 heterocycles. The molecule has 3 nitrogen and oxygen atoms in total. The molecule has 1 aromatic heterocycles. The Balaban J connectivity index is 2.50. The molecular formula is C11H10BrNO2. The molecule has 0 aliphatic rings. The van der Waals surface area contributed by atoms with Crippen molar-refractivity contribution in [3.63, 3.8) is 0 Å². The van der Waals surface area contributed by atoms with Crippen molar-refractivity contribution < 1.29 is 9.21 Å². The van der Waals surface area contributed by atoms with E-state index in [-0.39, 0.29) is 10.6 Å². The number of Topliss-reactive ketones (excluding diaryl/α,β-unsaturated/α-hetero) is 1.